The minimum Gasteiger partial charge on any atom is -0.410 e. The van der Waals surface area contributed by atoms with Gasteiger partial charge in [0.15, 0.2) is 8.32 Å². The second-order valence-electron chi connectivity index (χ2n) is 9.72. The largest absolute Gasteiger partial charge is 0.410 e. The van der Waals surface area contributed by atoms with Gasteiger partial charge in [0.2, 0.25) is 0 Å². The highest BCUT2D eigenvalue weighted by atomic mass is 28.4. The number of carbonyl (C=O) groups is 1. The highest BCUT2D eigenvalue weighted by Crippen LogP contribution is 2.39. The van der Waals surface area contributed by atoms with Gasteiger partial charge in [0.1, 0.15) is 11.9 Å². The van der Waals surface area contributed by atoms with E-state index in [0.717, 1.165) is 25.7 Å². The first-order chi connectivity index (χ1) is 13.4. The van der Waals surface area contributed by atoms with Gasteiger partial charge >= 0.3 is 0 Å². The molecule has 3 atom stereocenters. The normalized spacial score (nSPS) is 16.2. The zero-order valence-electron chi connectivity index (χ0n) is 20.3. The molecule has 0 aromatic rings. The number of allylic oxidation sites excluding steroid dienone is 2. The Morgan fingerprint density at radius 3 is 2.21 bits per heavy atom. The summed E-state index contributed by atoms with van der Waals surface area (Å²) in [5.74, 6) is 0.527. The summed E-state index contributed by atoms with van der Waals surface area (Å²) < 4.78 is 12.4. The van der Waals surface area contributed by atoms with Gasteiger partial charge in [-0.1, -0.05) is 51.5 Å². The molecule has 0 aliphatic carbocycles. The maximum Gasteiger partial charge on any atom is 0.192 e. The first-order valence-electron chi connectivity index (χ1n) is 11.0. The molecule has 0 amide bonds. The Morgan fingerprint density at radius 2 is 1.72 bits per heavy atom. The van der Waals surface area contributed by atoms with Crippen LogP contribution in [0, 0.1) is 5.92 Å². The molecule has 0 bridgehead atoms. The molecule has 0 fully saturated rings. The molecule has 168 valence electrons. The molecule has 0 heterocycles. The van der Waals surface area contributed by atoms with Crippen molar-refractivity contribution in [2.75, 3.05) is 7.11 Å². The van der Waals surface area contributed by atoms with Crippen LogP contribution in [0.4, 0.5) is 0 Å². The number of ether oxygens (including phenoxy) is 1. The molecular weight excluding hydrogens is 376 g/mol. The van der Waals surface area contributed by atoms with Crippen LogP contribution >= 0.6 is 0 Å². The molecule has 0 radical (unpaired) electrons. The van der Waals surface area contributed by atoms with E-state index in [0.29, 0.717) is 18.6 Å². The van der Waals surface area contributed by atoms with Crippen molar-refractivity contribution in [3.05, 3.63) is 37.0 Å². The van der Waals surface area contributed by atoms with Crippen molar-refractivity contribution < 1.29 is 14.0 Å². The summed E-state index contributed by atoms with van der Waals surface area (Å²) in [6, 6.07) is 0. The Morgan fingerprint density at radius 1 is 1.10 bits per heavy atom. The Balaban J connectivity index is 5.05. The van der Waals surface area contributed by atoms with Crippen LogP contribution in [0.5, 0.6) is 0 Å². The van der Waals surface area contributed by atoms with E-state index in [1.165, 1.54) is 5.57 Å². The predicted molar refractivity (Wildman–Crippen MR) is 129 cm³/mol. The third kappa shape index (κ3) is 10.6. The maximum atomic E-state index is 12.1. The van der Waals surface area contributed by atoms with Crippen LogP contribution in [0.2, 0.25) is 18.1 Å². The number of hydrogen-bond donors (Lipinski definition) is 0. The van der Waals surface area contributed by atoms with Crippen molar-refractivity contribution in [1.29, 1.82) is 0 Å². The summed E-state index contributed by atoms with van der Waals surface area (Å²) in [6.07, 6.45) is 10.9. The molecule has 4 heteroatoms. The summed E-state index contributed by atoms with van der Waals surface area (Å²) in [7, 11) is -0.243. The third-order valence-electron chi connectivity index (χ3n) is 6.04. The van der Waals surface area contributed by atoms with Crippen molar-refractivity contribution in [1.82, 2.24) is 0 Å². The van der Waals surface area contributed by atoms with E-state index in [9.17, 15) is 4.79 Å². The number of methoxy groups -OCH3 is 1. The number of unbranched alkanes of at least 4 members (excludes halogenated alkanes) is 2. The third-order valence-corrected chi connectivity index (χ3v) is 10.5. The van der Waals surface area contributed by atoms with Gasteiger partial charge in [0, 0.05) is 25.9 Å². The topological polar surface area (TPSA) is 35.5 Å². The van der Waals surface area contributed by atoms with E-state index >= 15 is 0 Å². The molecule has 0 aromatic heterocycles. The van der Waals surface area contributed by atoms with Gasteiger partial charge in [0.25, 0.3) is 0 Å². The monoisotopic (exact) mass is 422 g/mol. The molecule has 0 spiro atoms. The van der Waals surface area contributed by atoms with Crippen molar-refractivity contribution in [2.45, 2.75) is 103 Å². The molecule has 0 aromatic carbocycles. The zero-order valence-corrected chi connectivity index (χ0v) is 21.3. The molecular formula is C25H46O3Si. The van der Waals surface area contributed by atoms with Gasteiger partial charge in [-0.05, 0) is 50.7 Å². The fraction of sp³-hybridized carbons (Fsp3) is 0.720. The van der Waals surface area contributed by atoms with Crippen molar-refractivity contribution in [3.63, 3.8) is 0 Å². The Labute approximate surface area is 181 Å². The maximum absolute atomic E-state index is 12.1. The van der Waals surface area contributed by atoms with E-state index < -0.39 is 8.32 Å². The summed E-state index contributed by atoms with van der Waals surface area (Å²) in [4.78, 5) is 12.1. The molecule has 0 N–H and O–H groups in total. The highest BCUT2D eigenvalue weighted by Gasteiger charge is 2.41. The van der Waals surface area contributed by atoms with Gasteiger partial charge in [0.05, 0.1) is 6.10 Å². The quantitative estimate of drug-likeness (QED) is 0.158. The average Bonchev–Trinajstić information content (AvgIpc) is 2.62. The van der Waals surface area contributed by atoms with Gasteiger partial charge in [-0.3, -0.25) is 4.79 Å². The lowest BCUT2D eigenvalue weighted by Crippen LogP contribution is -2.49. The van der Waals surface area contributed by atoms with Crippen LogP contribution in [0.1, 0.15) is 73.1 Å². The Hall–Kier alpha value is -0.973. The van der Waals surface area contributed by atoms with Gasteiger partial charge in [-0.15, -0.1) is 13.2 Å². The predicted octanol–water partition coefficient (Wildman–Crippen LogP) is 7.26. The van der Waals surface area contributed by atoms with Crippen molar-refractivity contribution in [3.8, 4) is 0 Å². The molecule has 0 aliphatic rings. The van der Waals surface area contributed by atoms with E-state index in [-0.39, 0.29) is 23.2 Å². The minimum absolute atomic E-state index is 0.0806. The van der Waals surface area contributed by atoms with Crippen LogP contribution in [0.25, 0.3) is 0 Å². The number of carbonyl (C=O) groups excluding carboxylic acids is 1. The van der Waals surface area contributed by atoms with E-state index in [1.54, 1.807) is 7.11 Å². The van der Waals surface area contributed by atoms with Crippen LogP contribution in [0.3, 0.4) is 0 Å². The van der Waals surface area contributed by atoms with Gasteiger partial charge < -0.3 is 9.16 Å². The summed E-state index contributed by atoms with van der Waals surface area (Å²) >= 11 is 0. The highest BCUT2D eigenvalue weighted by molar-refractivity contribution is 6.74. The summed E-state index contributed by atoms with van der Waals surface area (Å²) in [5.41, 5.74) is 1.24. The second-order valence-corrected chi connectivity index (χ2v) is 14.5. The zero-order chi connectivity index (χ0) is 22.7. The Kier molecular flexibility index (Phi) is 12.9. The van der Waals surface area contributed by atoms with E-state index in [1.807, 2.05) is 12.2 Å². The fourth-order valence-electron chi connectivity index (χ4n) is 3.05. The standard InChI is InChI=1S/C25H46O3Si/c1-11-13-14-15-16-22(26)18-17-20(3)19-21(4)24(23(12-2)27-8)28-29(9,10)25(5,6)7/h11-12,19,21,23-24H,1-2,13-18H2,3-10H3/b20-19-/t21-,23+,24+/m1/s1. The van der Waals surface area contributed by atoms with E-state index in [4.69, 9.17) is 9.16 Å². The number of rotatable bonds is 15. The summed E-state index contributed by atoms with van der Waals surface area (Å²) in [5, 5.41) is 0.126. The van der Waals surface area contributed by atoms with Crippen LogP contribution in [0.15, 0.2) is 37.0 Å². The minimum atomic E-state index is -1.95. The average molecular weight is 423 g/mol. The Bertz CT molecular complexity index is 543. The molecule has 0 unspecified atom stereocenters. The van der Waals surface area contributed by atoms with Gasteiger partial charge in [-0.2, -0.15) is 0 Å². The fourth-order valence-corrected chi connectivity index (χ4v) is 4.44. The first kappa shape index (κ1) is 28.0. The molecule has 0 saturated carbocycles. The molecule has 3 nitrogen and oxygen atoms in total. The molecule has 0 saturated heterocycles. The van der Waals surface area contributed by atoms with Crippen molar-refractivity contribution in [2.24, 2.45) is 5.92 Å². The lowest BCUT2D eigenvalue weighted by Gasteiger charge is -2.42. The van der Waals surface area contributed by atoms with Crippen LogP contribution in [-0.2, 0) is 14.0 Å². The molecule has 29 heavy (non-hydrogen) atoms. The number of Topliss-reactive ketones (excluding diaryl/α,β-unsaturated/α-hetero) is 1. The first-order valence-corrected chi connectivity index (χ1v) is 13.9. The SMILES string of the molecule is C=CCCCCC(=O)CC/C(C)=C\[C@@H](C)[C@H](O[Si](C)(C)C(C)(C)C)[C@H](C=C)OC. The van der Waals surface area contributed by atoms with Gasteiger partial charge in [-0.25, -0.2) is 0 Å². The van der Waals surface area contributed by atoms with E-state index in [2.05, 4.69) is 66.9 Å². The second kappa shape index (κ2) is 13.4. The number of hydrogen-bond acceptors (Lipinski definition) is 3. The summed E-state index contributed by atoms with van der Waals surface area (Å²) in [6.45, 7) is 23.2. The van der Waals surface area contributed by atoms with Crippen LogP contribution < -0.4 is 0 Å². The smallest absolute Gasteiger partial charge is 0.192 e. The van der Waals surface area contributed by atoms with Crippen LogP contribution in [-0.4, -0.2) is 33.4 Å². The lowest BCUT2D eigenvalue weighted by molar-refractivity contribution is -0.119. The molecule has 0 rings (SSSR count). The molecule has 0 aliphatic heterocycles. The number of ketones is 1. The van der Waals surface area contributed by atoms with Crippen molar-refractivity contribution >= 4 is 14.1 Å². The lowest BCUT2D eigenvalue weighted by atomic mass is 9.95.